The minimum absolute atomic E-state index is 0.0727. The van der Waals surface area contributed by atoms with Gasteiger partial charge in [-0.2, -0.15) is 13.2 Å². The molecule has 1 saturated heterocycles. The largest absolute Gasteiger partial charge is 0.467 e. The highest BCUT2D eigenvalue weighted by molar-refractivity contribution is 8.13. The molecule has 8 nitrogen and oxygen atoms in total. The number of amides is 1. The second-order valence-corrected chi connectivity index (χ2v) is 8.35. The van der Waals surface area contributed by atoms with Gasteiger partial charge >= 0.3 is 6.18 Å². The molecule has 0 spiro atoms. The highest BCUT2D eigenvalue weighted by atomic mass is 32.2. The molecular formula is C19H16F5N5O3S. The van der Waals surface area contributed by atoms with Crippen LogP contribution in [0.4, 0.5) is 27.6 Å². The van der Waals surface area contributed by atoms with Gasteiger partial charge in [0.15, 0.2) is 23.0 Å². The van der Waals surface area contributed by atoms with Crippen LogP contribution in [0.5, 0.6) is 5.88 Å². The number of fused-ring (bicyclic) bond motifs is 1. The number of carbonyl (C=O) groups is 1. The van der Waals surface area contributed by atoms with Crippen LogP contribution in [0.2, 0.25) is 0 Å². The van der Waals surface area contributed by atoms with E-state index >= 15 is 4.39 Å². The molecule has 0 radical (unpaired) electrons. The van der Waals surface area contributed by atoms with Gasteiger partial charge in [-0.15, -0.1) is 0 Å². The SMILES string of the molecule is NC1=N[C@@]2(c3cc(NC(=O)c4cnc(OCC(F)(F)F)cn4)ccc3F)COC[C@@]2(F)CS1. The molecule has 1 aromatic heterocycles. The average molecular weight is 489 g/mol. The van der Waals surface area contributed by atoms with E-state index in [4.69, 9.17) is 10.5 Å². The first-order valence-corrected chi connectivity index (χ1v) is 10.4. The van der Waals surface area contributed by atoms with Gasteiger partial charge in [0.1, 0.15) is 11.5 Å². The summed E-state index contributed by atoms with van der Waals surface area (Å²) in [4.78, 5) is 24.0. The molecule has 33 heavy (non-hydrogen) atoms. The smallest absolute Gasteiger partial charge is 0.422 e. The van der Waals surface area contributed by atoms with Crippen molar-refractivity contribution in [1.29, 1.82) is 0 Å². The zero-order valence-corrected chi connectivity index (χ0v) is 17.5. The number of hydrogen-bond acceptors (Lipinski definition) is 8. The first-order valence-electron chi connectivity index (χ1n) is 9.39. The van der Waals surface area contributed by atoms with Gasteiger partial charge in [-0.25, -0.2) is 23.7 Å². The lowest BCUT2D eigenvalue weighted by Crippen LogP contribution is -2.52. The van der Waals surface area contributed by atoms with Crippen molar-refractivity contribution in [3.05, 3.63) is 47.7 Å². The number of halogens is 5. The minimum atomic E-state index is -4.55. The summed E-state index contributed by atoms with van der Waals surface area (Å²) in [6.07, 6.45) is -2.77. The number of ether oxygens (including phenoxy) is 2. The van der Waals surface area contributed by atoms with Gasteiger partial charge in [0.2, 0.25) is 5.88 Å². The van der Waals surface area contributed by atoms with Crippen LogP contribution in [0.1, 0.15) is 16.1 Å². The van der Waals surface area contributed by atoms with Crippen LogP contribution in [-0.4, -0.2) is 58.5 Å². The molecule has 3 N–H and O–H groups in total. The molecule has 0 saturated carbocycles. The Balaban J connectivity index is 1.55. The van der Waals surface area contributed by atoms with Gasteiger partial charge in [0, 0.05) is 17.0 Å². The van der Waals surface area contributed by atoms with Crippen molar-refractivity contribution in [3.8, 4) is 5.88 Å². The molecule has 1 aromatic carbocycles. The Bertz CT molecular complexity index is 1100. The highest BCUT2D eigenvalue weighted by Crippen LogP contribution is 2.50. The molecule has 4 rings (SSSR count). The van der Waals surface area contributed by atoms with E-state index in [1.807, 2.05) is 0 Å². The Kier molecular flexibility index (Phi) is 5.90. The summed E-state index contributed by atoms with van der Waals surface area (Å²) in [5.41, 5.74) is 1.81. The topological polar surface area (TPSA) is 112 Å². The Morgan fingerprint density at radius 1 is 1.27 bits per heavy atom. The van der Waals surface area contributed by atoms with Crippen LogP contribution >= 0.6 is 11.8 Å². The number of amidine groups is 1. The maximum absolute atomic E-state index is 15.6. The number of benzene rings is 1. The van der Waals surface area contributed by atoms with Crippen LogP contribution in [-0.2, 0) is 10.3 Å². The molecule has 176 valence electrons. The summed E-state index contributed by atoms with van der Waals surface area (Å²) in [7, 11) is 0. The molecule has 1 fully saturated rings. The zero-order valence-electron chi connectivity index (χ0n) is 16.7. The second-order valence-electron chi connectivity index (χ2n) is 7.35. The third-order valence-corrected chi connectivity index (χ3v) is 6.04. The van der Waals surface area contributed by atoms with Crippen molar-refractivity contribution in [1.82, 2.24) is 9.97 Å². The average Bonchev–Trinajstić information content (AvgIpc) is 3.10. The number of anilines is 1. The lowest BCUT2D eigenvalue weighted by molar-refractivity contribution is -0.154. The highest BCUT2D eigenvalue weighted by Gasteiger charge is 2.61. The molecule has 2 atom stereocenters. The third kappa shape index (κ3) is 4.57. The quantitative estimate of drug-likeness (QED) is 0.622. The van der Waals surface area contributed by atoms with Gasteiger partial charge in [0.25, 0.3) is 5.91 Å². The number of hydrogen-bond donors (Lipinski definition) is 2. The first-order chi connectivity index (χ1) is 15.5. The number of aromatic nitrogens is 2. The molecule has 1 amide bonds. The molecule has 14 heteroatoms. The lowest BCUT2D eigenvalue weighted by atomic mass is 9.79. The fourth-order valence-corrected chi connectivity index (χ4v) is 4.39. The van der Waals surface area contributed by atoms with Gasteiger partial charge in [0.05, 0.1) is 25.6 Å². The number of thioether (sulfide) groups is 1. The van der Waals surface area contributed by atoms with Crippen molar-refractivity contribution >= 4 is 28.5 Å². The van der Waals surface area contributed by atoms with E-state index in [2.05, 4.69) is 25.0 Å². The van der Waals surface area contributed by atoms with E-state index in [9.17, 15) is 22.4 Å². The molecular weight excluding hydrogens is 473 g/mol. The molecule has 2 aliphatic heterocycles. The van der Waals surface area contributed by atoms with E-state index in [-0.39, 0.29) is 41.1 Å². The molecule has 2 aromatic rings. The Hall–Kier alpha value is -3.00. The summed E-state index contributed by atoms with van der Waals surface area (Å²) < 4.78 is 76.7. The van der Waals surface area contributed by atoms with E-state index in [0.717, 1.165) is 30.2 Å². The molecule has 0 unspecified atom stereocenters. The number of nitrogens with two attached hydrogens (primary N) is 1. The molecule has 2 aliphatic rings. The predicted octanol–water partition coefficient (Wildman–Crippen LogP) is 2.80. The van der Waals surface area contributed by atoms with Gasteiger partial charge < -0.3 is 20.5 Å². The number of aliphatic imine (C=N–C) groups is 1. The summed E-state index contributed by atoms with van der Waals surface area (Å²) in [6, 6.07) is 3.53. The summed E-state index contributed by atoms with van der Waals surface area (Å²) >= 11 is 1.00. The Labute approximate surface area is 187 Å². The lowest BCUT2D eigenvalue weighted by Gasteiger charge is -2.38. The molecule has 3 heterocycles. The molecule has 0 aliphatic carbocycles. The van der Waals surface area contributed by atoms with Crippen LogP contribution in [0.25, 0.3) is 0 Å². The fourth-order valence-electron chi connectivity index (χ4n) is 3.47. The first kappa shape index (κ1) is 23.2. The van der Waals surface area contributed by atoms with E-state index in [0.29, 0.717) is 0 Å². The zero-order chi connectivity index (χ0) is 23.9. The van der Waals surface area contributed by atoms with Crippen LogP contribution < -0.4 is 15.8 Å². The number of nitrogens with one attached hydrogen (secondary N) is 1. The van der Waals surface area contributed by atoms with Crippen molar-refractivity contribution in [3.63, 3.8) is 0 Å². The van der Waals surface area contributed by atoms with Gasteiger partial charge in [-0.1, -0.05) is 11.8 Å². The van der Waals surface area contributed by atoms with E-state index < -0.39 is 41.6 Å². The van der Waals surface area contributed by atoms with Crippen LogP contribution in [0, 0.1) is 5.82 Å². The van der Waals surface area contributed by atoms with E-state index in [1.165, 1.54) is 12.1 Å². The number of nitrogens with zero attached hydrogens (tertiary/aromatic N) is 3. The predicted molar refractivity (Wildman–Crippen MR) is 108 cm³/mol. The Morgan fingerprint density at radius 2 is 2.06 bits per heavy atom. The number of carbonyl (C=O) groups excluding carboxylic acids is 1. The van der Waals surface area contributed by atoms with Gasteiger partial charge in [-0.3, -0.25) is 4.79 Å². The van der Waals surface area contributed by atoms with Crippen molar-refractivity contribution < 1.29 is 36.2 Å². The van der Waals surface area contributed by atoms with Crippen molar-refractivity contribution in [2.24, 2.45) is 10.7 Å². The third-order valence-electron chi connectivity index (χ3n) is 5.05. The standard InChI is InChI=1S/C19H16F5N5O3S/c20-12-2-1-10(3-11(12)18-7-31-6-17(18,21)9-33-16(25)29-18)28-15(30)13-4-27-14(5-26-13)32-8-19(22,23)24/h1-5H,6-9H2,(H2,25,29)(H,28,30)/t17-,18-/m1/s1. The van der Waals surface area contributed by atoms with E-state index in [1.54, 1.807) is 0 Å². The summed E-state index contributed by atoms with van der Waals surface area (Å²) in [6.45, 7) is -2.08. The number of alkyl halides is 4. The van der Waals surface area contributed by atoms with Crippen LogP contribution in [0.15, 0.2) is 35.6 Å². The normalized spacial score (nSPS) is 24.7. The molecule has 0 bridgehead atoms. The van der Waals surface area contributed by atoms with Gasteiger partial charge in [-0.05, 0) is 18.2 Å². The monoisotopic (exact) mass is 489 g/mol. The van der Waals surface area contributed by atoms with Crippen molar-refractivity contribution in [2.75, 3.05) is 30.9 Å². The number of rotatable bonds is 5. The minimum Gasteiger partial charge on any atom is -0.467 e. The second kappa shape index (κ2) is 8.41. The van der Waals surface area contributed by atoms with Crippen molar-refractivity contribution in [2.45, 2.75) is 17.4 Å². The summed E-state index contributed by atoms with van der Waals surface area (Å²) in [5, 5.41) is 2.55. The maximum Gasteiger partial charge on any atom is 0.422 e. The summed E-state index contributed by atoms with van der Waals surface area (Å²) in [5.74, 6) is -2.03. The van der Waals surface area contributed by atoms with Crippen LogP contribution in [0.3, 0.4) is 0 Å². The maximum atomic E-state index is 15.6. The Morgan fingerprint density at radius 3 is 2.76 bits per heavy atom. The fraction of sp³-hybridized carbons (Fsp3) is 0.368.